The van der Waals surface area contributed by atoms with Crippen LogP contribution in [0.1, 0.15) is 0 Å². The first-order valence-corrected chi connectivity index (χ1v) is 5.67. The molecule has 2 heterocycles. The Morgan fingerprint density at radius 2 is 1.94 bits per heavy atom. The Morgan fingerprint density at radius 1 is 1.19 bits per heavy atom. The number of halogens is 1. The van der Waals surface area contributed by atoms with Gasteiger partial charge in [-0.1, -0.05) is 22.9 Å². The summed E-state index contributed by atoms with van der Waals surface area (Å²) >= 11 is 7.12. The molecule has 0 aliphatic heterocycles. The summed E-state index contributed by atoms with van der Waals surface area (Å²) in [6, 6.07) is 7.34. The van der Waals surface area contributed by atoms with E-state index in [0.717, 1.165) is 5.56 Å². The molecule has 0 amide bonds. The summed E-state index contributed by atoms with van der Waals surface area (Å²) in [6.45, 7) is 0. The lowest BCUT2D eigenvalue weighted by Crippen LogP contribution is -1.92. The standard InChI is InChI=1S/C9H6ClN5S/c10-6-3-1-5(2-4-6)7-12-13-9-15(7)14-8(11)16-9/h1-4H,(H2,11,14). The van der Waals surface area contributed by atoms with Crippen molar-refractivity contribution in [2.24, 2.45) is 0 Å². The number of nitrogen functional groups attached to an aromatic ring is 1. The van der Waals surface area contributed by atoms with E-state index in [1.165, 1.54) is 11.3 Å². The molecule has 0 radical (unpaired) electrons. The first-order chi connectivity index (χ1) is 7.74. The van der Waals surface area contributed by atoms with Gasteiger partial charge in [-0.05, 0) is 24.3 Å². The summed E-state index contributed by atoms with van der Waals surface area (Å²) in [7, 11) is 0. The maximum Gasteiger partial charge on any atom is 0.236 e. The summed E-state index contributed by atoms with van der Waals surface area (Å²) in [5, 5.41) is 13.3. The van der Waals surface area contributed by atoms with E-state index in [2.05, 4.69) is 15.3 Å². The number of hydrogen-bond donors (Lipinski definition) is 1. The van der Waals surface area contributed by atoms with Crippen LogP contribution in [0.3, 0.4) is 0 Å². The van der Waals surface area contributed by atoms with Crippen molar-refractivity contribution in [1.82, 2.24) is 19.8 Å². The third kappa shape index (κ3) is 1.43. The van der Waals surface area contributed by atoms with Gasteiger partial charge in [0.05, 0.1) is 0 Å². The predicted octanol–water partition coefficient (Wildman–Crippen LogP) is 2.09. The normalized spacial score (nSPS) is 11.1. The SMILES string of the molecule is Nc1nn2c(-c3ccc(Cl)cc3)nnc2s1. The fourth-order valence-electron chi connectivity index (χ4n) is 1.41. The van der Waals surface area contributed by atoms with Gasteiger partial charge in [0.25, 0.3) is 0 Å². The van der Waals surface area contributed by atoms with E-state index in [1.807, 2.05) is 12.1 Å². The smallest absolute Gasteiger partial charge is 0.236 e. The highest BCUT2D eigenvalue weighted by molar-refractivity contribution is 7.20. The van der Waals surface area contributed by atoms with Crippen LogP contribution in [0.2, 0.25) is 5.02 Å². The molecule has 5 nitrogen and oxygen atoms in total. The van der Waals surface area contributed by atoms with Crippen molar-refractivity contribution in [1.29, 1.82) is 0 Å². The first kappa shape index (κ1) is 9.56. The quantitative estimate of drug-likeness (QED) is 0.719. The van der Waals surface area contributed by atoms with Gasteiger partial charge in [0.1, 0.15) is 0 Å². The summed E-state index contributed by atoms with van der Waals surface area (Å²) in [5.74, 6) is 0.666. The van der Waals surface area contributed by atoms with Crippen LogP contribution in [-0.4, -0.2) is 19.8 Å². The Bertz CT molecular complexity index is 642. The molecule has 0 aliphatic carbocycles. The minimum absolute atomic E-state index is 0.472. The number of hydrogen-bond acceptors (Lipinski definition) is 5. The Kier molecular flexibility index (Phi) is 2.05. The molecule has 2 N–H and O–H groups in total. The zero-order valence-corrected chi connectivity index (χ0v) is 9.53. The fraction of sp³-hybridized carbons (Fsp3) is 0. The third-order valence-electron chi connectivity index (χ3n) is 2.11. The van der Waals surface area contributed by atoms with Crippen molar-refractivity contribution >= 4 is 33.0 Å². The first-order valence-electron chi connectivity index (χ1n) is 4.48. The Morgan fingerprint density at radius 3 is 2.69 bits per heavy atom. The monoisotopic (exact) mass is 251 g/mol. The lowest BCUT2D eigenvalue weighted by molar-refractivity contribution is 0.973. The molecule has 2 aromatic heterocycles. The summed E-state index contributed by atoms with van der Waals surface area (Å²) < 4.78 is 1.63. The van der Waals surface area contributed by atoms with Crippen molar-refractivity contribution in [3.8, 4) is 11.4 Å². The van der Waals surface area contributed by atoms with Crippen LogP contribution in [0.5, 0.6) is 0 Å². The highest BCUT2D eigenvalue weighted by atomic mass is 35.5. The van der Waals surface area contributed by atoms with Crippen LogP contribution >= 0.6 is 22.9 Å². The van der Waals surface area contributed by atoms with Crippen LogP contribution in [0.15, 0.2) is 24.3 Å². The number of nitrogens with zero attached hydrogens (tertiary/aromatic N) is 4. The zero-order valence-electron chi connectivity index (χ0n) is 7.96. The predicted molar refractivity (Wildman–Crippen MR) is 63.5 cm³/mol. The minimum atomic E-state index is 0.472. The molecule has 0 spiro atoms. The number of nitrogens with two attached hydrogens (primary N) is 1. The molecule has 0 saturated carbocycles. The lowest BCUT2D eigenvalue weighted by Gasteiger charge is -1.96. The molecule has 0 atom stereocenters. The van der Waals surface area contributed by atoms with Crippen LogP contribution in [0, 0.1) is 0 Å². The molecule has 0 bridgehead atoms. The van der Waals surface area contributed by atoms with Crippen LogP contribution < -0.4 is 5.73 Å². The van der Waals surface area contributed by atoms with Crippen molar-refractivity contribution in [3.05, 3.63) is 29.3 Å². The maximum atomic E-state index is 5.82. The van der Waals surface area contributed by atoms with Crippen LogP contribution in [0.4, 0.5) is 5.13 Å². The van der Waals surface area contributed by atoms with Crippen molar-refractivity contribution in [2.45, 2.75) is 0 Å². The Balaban J connectivity index is 2.21. The number of anilines is 1. The molecule has 7 heteroatoms. The highest BCUT2D eigenvalue weighted by Gasteiger charge is 2.11. The second-order valence-electron chi connectivity index (χ2n) is 3.17. The molecule has 0 aliphatic rings. The van der Waals surface area contributed by atoms with E-state index in [9.17, 15) is 0 Å². The van der Waals surface area contributed by atoms with Gasteiger partial charge in [0.15, 0.2) is 5.82 Å². The summed E-state index contributed by atoms with van der Waals surface area (Å²) in [6.07, 6.45) is 0. The van der Waals surface area contributed by atoms with Gasteiger partial charge < -0.3 is 5.73 Å². The molecular formula is C9H6ClN5S. The topological polar surface area (TPSA) is 69.1 Å². The van der Waals surface area contributed by atoms with E-state index in [0.29, 0.717) is 20.9 Å². The van der Waals surface area contributed by atoms with Gasteiger partial charge in [0, 0.05) is 10.6 Å². The average molecular weight is 252 g/mol. The van der Waals surface area contributed by atoms with Gasteiger partial charge >= 0.3 is 0 Å². The minimum Gasteiger partial charge on any atom is -0.374 e. The molecule has 0 fully saturated rings. The summed E-state index contributed by atoms with van der Waals surface area (Å²) in [4.78, 5) is 0.683. The third-order valence-corrected chi connectivity index (χ3v) is 3.09. The van der Waals surface area contributed by atoms with Crippen molar-refractivity contribution < 1.29 is 0 Å². The van der Waals surface area contributed by atoms with Gasteiger partial charge in [-0.2, -0.15) is 4.52 Å². The van der Waals surface area contributed by atoms with Gasteiger partial charge in [-0.25, -0.2) is 0 Å². The molecule has 16 heavy (non-hydrogen) atoms. The number of aromatic nitrogens is 4. The van der Waals surface area contributed by atoms with Crippen LogP contribution in [0.25, 0.3) is 16.3 Å². The number of benzene rings is 1. The molecular weight excluding hydrogens is 246 g/mol. The molecule has 3 aromatic rings. The fourth-order valence-corrected chi connectivity index (χ4v) is 2.14. The molecule has 80 valence electrons. The molecule has 0 unspecified atom stereocenters. The Hall–Kier alpha value is -1.66. The average Bonchev–Trinajstić information content (AvgIpc) is 2.78. The number of rotatable bonds is 1. The van der Waals surface area contributed by atoms with Crippen LogP contribution in [-0.2, 0) is 0 Å². The largest absolute Gasteiger partial charge is 0.374 e. The van der Waals surface area contributed by atoms with Crippen molar-refractivity contribution in [2.75, 3.05) is 5.73 Å². The van der Waals surface area contributed by atoms with E-state index in [-0.39, 0.29) is 0 Å². The van der Waals surface area contributed by atoms with E-state index >= 15 is 0 Å². The maximum absolute atomic E-state index is 5.82. The van der Waals surface area contributed by atoms with Crippen molar-refractivity contribution in [3.63, 3.8) is 0 Å². The van der Waals surface area contributed by atoms with Gasteiger partial charge in [-0.3, -0.25) is 0 Å². The highest BCUT2D eigenvalue weighted by Crippen LogP contribution is 2.23. The number of fused-ring (bicyclic) bond motifs is 1. The second kappa shape index (κ2) is 3.43. The van der Waals surface area contributed by atoms with Gasteiger partial charge in [-0.15, -0.1) is 15.3 Å². The molecule has 0 saturated heterocycles. The van der Waals surface area contributed by atoms with E-state index < -0.39 is 0 Å². The van der Waals surface area contributed by atoms with E-state index in [4.69, 9.17) is 17.3 Å². The Labute approximate surface area is 99.5 Å². The molecule has 3 rings (SSSR count). The zero-order chi connectivity index (χ0) is 11.1. The summed E-state index contributed by atoms with van der Waals surface area (Å²) in [5.41, 5.74) is 6.51. The van der Waals surface area contributed by atoms with Gasteiger partial charge in [0.2, 0.25) is 10.1 Å². The second-order valence-corrected chi connectivity index (χ2v) is 4.59. The molecule has 1 aromatic carbocycles. The van der Waals surface area contributed by atoms with E-state index in [1.54, 1.807) is 16.6 Å². The lowest BCUT2D eigenvalue weighted by atomic mass is 10.2.